The number of hydrogen-bond donors (Lipinski definition) is 0. The summed E-state index contributed by atoms with van der Waals surface area (Å²) in [6, 6.07) is 91.3. The minimum Gasteiger partial charge on any atom is -0.311 e. The van der Waals surface area contributed by atoms with E-state index in [1.54, 1.807) is 0 Å². The van der Waals surface area contributed by atoms with Crippen LogP contribution in [0.25, 0.3) is 71.7 Å². The Bertz CT molecular complexity index is 3780. The molecule has 0 amide bonds. The average Bonchev–Trinajstić information content (AvgIpc) is 3.94. The summed E-state index contributed by atoms with van der Waals surface area (Å²) >= 11 is 0. The monoisotopic (exact) mass is 948 g/mol. The number of nitrogens with zero attached hydrogens (tertiary/aromatic N) is 6. The van der Waals surface area contributed by atoms with Gasteiger partial charge in [0.25, 0.3) is 0 Å². The van der Waals surface area contributed by atoms with E-state index in [-0.39, 0.29) is 0 Å². The Balaban J connectivity index is 0.947. The third kappa shape index (κ3) is 8.13. The van der Waals surface area contributed by atoms with Gasteiger partial charge in [0, 0.05) is 56.3 Å². The Morgan fingerprint density at radius 1 is 0.378 bits per heavy atom. The van der Waals surface area contributed by atoms with E-state index in [0.717, 1.165) is 90.2 Å². The molecule has 0 N–H and O–H groups in total. The number of anilines is 6. The smallest absolute Gasteiger partial charge is 0.187 e. The van der Waals surface area contributed by atoms with E-state index in [2.05, 4.69) is 238 Å². The van der Waals surface area contributed by atoms with Gasteiger partial charge >= 0.3 is 0 Å². The van der Waals surface area contributed by atoms with Crippen LogP contribution in [0.15, 0.2) is 255 Å². The van der Waals surface area contributed by atoms with Crippen LogP contribution in [0.1, 0.15) is 16.7 Å². The highest BCUT2D eigenvalue weighted by Gasteiger charge is 2.22. The van der Waals surface area contributed by atoms with Gasteiger partial charge in [-0.1, -0.05) is 121 Å². The molecule has 2 heterocycles. The number of aryl methyl sites for hydroxylation is 2. The van der Waals surface area contributed by atoms with Crippen LogP contribution < -0.4 is 9.80 Å². The van der Waals surface area contributed by atoms with Gasteiger partial charge in [0.05, 0.1) is 40.6 Å². The molecule has 10 aromatic carbocycles. The number of fused-ring (bicyclic) bond motifs is 2. The summed E-state index contributed by atoms with van der Waals surface area (Å²) in [5.74, 6) is 0. The number of para-hydroxylation sites is 2. The van der Waals surface area contributed by atoms with Crippen molar-refractivity contribution in [3.05, 3.63) is 283 Å². The predicted molar refractivity (Wildman–Crippen MR) is 306 cm³/mol. The standard InChI is InChI=1S/C68H48N6/c1-47-63-44-52(26-42-65(63)73(67(47)50-16-8-4-9-17-50)61-38-34-59(35-39-61)71(55-20-12-6-13-21-55)57-30-24-49(46-69)25-31-57)53-27-43-66-64(45-53)48(2)68(51-18-10-5-11-19-51)74(66)62-40-36-60(37-41-62)72(56-22-14-7-15-23-56)58-32-28-54(70-3)29-33-58/h4-45H,1-2H3. The molecule has 0 aliphatic heterocycles. The number of hydrogen-bond acceptors (Lipinski definition) is 3. The van der Waals surface area contributed by atoms with Gasteiger partial charge in [-0.25, -0.2) is 4.85 Å². The second kappa shape index (κ2) is 19.2. The maximum Gasteiger partial charge on any atom is 0.187 e. The zero-order valence-electron chi connectivity index (χ0n) is 40.9. The topological polar surface area (TPSA) is 44.5 Å². The first-order chi connectivity index (χ1) is 36.4. The lowest BCUT2D eigenvalue weighted by molar-refractivity contribution is 1.12. The second-order valence-electron chi connectivity index (χ2n) is 18.5. The van der Waals surface area contributed by atoms with E-state index in [1.165, 1.54) is 21.9 Å². The second-order valence-corrected chi connectivity index (χ2v) is 18.5. The van der Waals surface area contributed by atoms with Gasteiger partial charge in [-0.05, 0) is 181 Å². The van der Waals surface area contributed by atoms with Crippen molar-refractivity contribution in [1.29, 1.82) is 5.26 Å². The van der Waals surface area contributed by atoms with Gasteiger partial charge in [-0.2, -0.15) is 5.26 Å². The maximum absolute atomic E-state index is 9.53. The van der Waals surface area contributed by atoms with Gasteiger partial charge in [-0.3, -0.25) is 0 Å². The molecule has 6 nitrogen and oxygen atoms in total. The molecule has 0 atom stereocenters. The minimum absolute atomic E-state index is 0.614. The lowest BCUT2D eigenvalue weighted by Crippen LogP contribution is -2.10. The van der Waals surface area contributed by atoms with Crippen LogP contribution in [-0.2, 0) is 0 Å². The van der Waals surface area contributed by atoms with E-state index in [0.29, 0.717) is 11.3 Å². The van der Waals surface area contributed by atoms with Gasteiger partial charge in [0.1, 0.15) is 0 Å². The van der Waals surface area contributed by atoms with Gasteiger partial charge in [0.2, 0.25) is 0 Å². The average molecular weight is 949 g/mol. The number of aromatic nitrogens is 2. The van der Waals surface area contributed by atoms with Crippen LogP contribution in [0, 0.1) is 31.8 Å². The summed E-state index contributed by atoms with van der Waals surface area (Å²) in [7, 11) is 0. The summed E-state index contributed by atoms with van der Waals surface area (Å²) in [6.07, 6.45) is 0. The molecule has 6 heteroatoms. The van der Waals surface area contributed by atoms with Crippen molar-refractivity contribution < 1.29 is 0 Å². The maximum atomic E-state index is 9.53. The van der Waals surface area contributed by atoms with Crippen LogP contribution in [0.3, 0.4) is 0 Å². The highest BCUT2D eigenvalue weighted by Crippen LogP contribution is 2.43. The van der Waals surface area contributed by atoms with Crippen molar-refractivity contribution in [2.45, 2.75) is 13.8 Å². The molecular formula is C68H48N6. The van der Waals surface area contributed by atoms with Crippen molar-refractivity contribution in [2.24, 2.45) is 0 Å². The molecule has 0 unspecified atom stereocenters. The van der Waals surface area contributed by atoms with Crippen LogP contribution >= 0.6 is 0 Å². The van der Waals surface area contributed by atoms with E-state index in [9.17, 15) is 5.26 Å². The molecule has 350 valence electrons. The molecule has 0 aliphatic carbocycles. The molecule has 2 aromatic heterocycles. The zero-order valence-corrected chi connectivity index (χ0v) is 40.9. The van der Waals surface area contributed by atoms with Crippen LogP contribution in [-0.4, -0.2) is 9.13 Å². The molecule has 12 aromatic rings. The molecule has 74 heavy (non-hydrogen) atoms. The molecule has 0 radical (unpaired) electrons. The number of nitriles is 1. The summed E-state index contributed by atoms with van der Waals surface area (Å²) in [4.78, 5) is 8.08. The highest BCUT2D eigenvalue weighted by molar-refractivity contribution is 5.99. The SMILES string of the molecule is [C-]#[N+]c1ccc(N(c2ccccc2)c2ccc(-n3c(-c4ccccc4)c(C)c4cc(-c5ccc6c(c5)c(C)c(-c5ccccc5)n6-c5ccc(N(c6ccccc6)c6ccc(C#N)cc6)cc5)ccc43)cc2)cc1. The Labute approximate surface area is 431 Å². The summed E-state index contributed by atoms with van der Waals surface area (Å²) in [5.41, 5.74) is 21.1. The molecule has 12 rings (SSSR count). The lowest BCUT2D eigenvalue weighted by Gasteiger charge is -2.26. The van der Waals surface area contributed by atoms with Crippen LogP contribution in [0.4, 0.5) is 39.8 Å². The Morgan fingerprint density at radius 2 is 0.716 bits per heavy atom. The molecule has 0 spiro atoms. The third-order valence-corrected chi connectivity index (χ3v) is 14.1. The normalized spacial score (nSPS) is 11.1. The summed E-state index contributed by atoms with van der Waals surface area (Å²) < 4.78 is 4.80. The van der Waals surface area contributed by atoms with Crippen molar-refractivity contribution in [3.8, 4) is 51.1 Å². The zero-order chi connectivity index (χ0) is 50.1. The fourth-order valence-electron chi connectivity index (χ4n) is 10.6. The van der Waals surface area contributed by atoms with Gasteiger partial charge < -0.3 is 18.9 Å². The van der Waals surface area contributed by atoms with Gasteiger partial charge in [0.15, 0.2) is 5.69 Å². The molecule has 0 saturated carbocycles. The quantitative estimate of drug-likeness (QED) is 0.121. The van der Waals surface area contributed by atoms with Gasteiger partial charge in [-0.15, -0.1) is 0 Å². The largest absolute Gasteiger partial charge is 0.311 e. The van der Waals surface area contributed by atoms with E-state index < -0.39 is 0 Å². The van der Waals surface area contributed by atoms with Crippen LogP contribution in [0.5, 0.6) is 0 Å². The molecule has 0 fully saturated rings. The van der Waals surface area contributed by atoms with Crippen molar-refractivity contribution >= 4 is 61.6 Å². The first-order valence-corrected chi connectivity index (χ1v) is 24.8. The highest BCUT2D eigenvalue weighted by atomic mass is 15.1. The lowest BCUT2D eigenvalue weighted by atomic mass is 9.99. The number of rotatable bonds is 11. The fraction of sp³-hybridized carbons (Fsp3) is 0.0294. The van der Waals surface area contributed by atoms with E-state index in [4.69, 9.17) is 6.57 Å². The fourth-order valence-corrected chi connectivity index (χ4v) is 10.6. The molecule has 0 aliphatic rings. The Kier molecular flexibility index (Phi) is 11.7. The molecule has 0 bridgehead atoms. The van der Waals surface area contributed by atoms with Crippen molar-refractivity contribution in [3.63, 3.8) is 0 Å². The van der Waals surface area contributed by atoms with Crippen molar-refractivity contribution in [2.75, 3.05) is 9.80 Å². The van der Waals surface area contributed by atoms with Crippen molar-refractivity contribution in [1.82, 2.24) is 9.13 Å². The molecular weight excluding hydrogens is 901 g/mol. The van der Waals surface area contributed by atoms with E-state index in [1.807, 2.05) is 60.7 Å². The molecule has 0 saturated heterocycles. The minimum atomic E-state index is 0.614. The third-order valence-electron chi connectivity index (χ3n) is 14.1. The van der Waals surface area contributed by atoms with E-state index >= 15 is 0 Å². The van der Waals surface area contributed by atoms with Crippen LogP contribution in [0.2, 0.25) is 0 Å². The first-order valence-electron chi connectivity index (χ1n) is 24.8. The summed E-state index contributed by atoms with van der Waals surface area (Å²) in [6.45, 7) is 12.0. The number of benzene rings is 10. The first kappa shape index (κ1) is 45.0. The Hall–Kier alpha value is -10.1. The Morgan fingerprint density at radius 3 is 1.08 bits per heavy atom. The predicted octanol–water partition coefficient (Wildman–Crippen LogP) is 18.6. The summed E-state index contributed by atoms with van der Waals surface area (Å²) in [5, 5.41) is 11.9.